The predicted molar refractivity (Wildman–Crippen MR) is 113 cm³/mol. The Hall–Kier alpha value is -2.67. The van der Waals surface area contributed by atoms with E-state index in [1.807, 2.05) is 0 Å². The molecule has 2 aromatic carbocycles. The molecule has 3 rings (SSSR count). The summed E-state index contributed by atoms with van der Waals surface area (Å²) in [7, 11) is -4.44. The van der Waals surface area contributed by atoms with Crippen molar-refractivity contribution in [2.24, 2.45) is 5.73 Å². The molecule has 2 aromatic rings. The van der Waals surface area contributed by atoms with E-state index in [4.69, 9.17) is 17.3 Å². The van der Waals surface area contributed by atoms with Crippen LogP contribution in [0.25, 0.3) is 0 Å². The third kappa shape index (κ3) is 5.29. The van der Waals surface area contributed by atoms with E-state index < -0.39 is 60.9 Å². The summed E-state index contributed by atoms with van der Waals surface area (Å²) in [5.74, 6) is -4.66. The first-order valence-electron chi connectivity index (χ1n) is 9.78. The van der Waals surface area contributed by atoms with Gasteiger partial charge in [0, 0.05) is 37.8 Å². The van der Waals surface area contributed by atoms with Gasteiger partial charge in [0.1, 0.15) is 17.5 Å². The van der Waals surface area contributed by atoms with Crippen LogP contribution in [0.1, 0.15) is 16.8 Å². The highest BCUT2D eigenvalue weighted by molar-refractivity contribution is 7.89. The summed E-state index contributed by atoms with van der Waals surface area (Å²) < 4.78 is 68.4. The van der Waals surface area contributed by atoms with Crippen molar-refractivity contribution in [3.05, 3.63) is 64.4 Å². The molecular formula is C20H20ClF3N4O4S. The summed E-state index contributed by atoms with van der Waals surface area (Å²) in [6.07, 6.45) is -1.56. The third-order valence-corrected chi connectivity index (χ3v) is 7.03. The molecule has 0 bridgehead atoms. The van der Waals surface area contributed by atoms with Crippen LogP contribution in [0.3, 0.4) is 0 Å². The molecule has 8 nitrogen and oxygen atoms in total. The zero-order valence-corrected chi connectivity index (χ0v) is 18.7. The summed E-state index contributed by atoms with van der Waals surface area (Å²) in [6.45, 7) is -0.183. The Morgan fingerprint density at radius 2 is 1.76 bits per heavy atom. The molecule has 0 spiro atoms. The van der Waals surface area contributed by atoms with E-state index in [9.17, 15) is 31.2 Å². The molecule has 1 heterocycles. The second kappa shape index (κ2) is 10.1. The lowest BCUT2D eigenvalue weighted by atomic mass is 10.1. The molecule has 13 heteroatoms. The van der Waals surface area contributed by atoms with Crippen LogP contribution >= 0.6 is 11.6 Å². The number of benzene rings is 2. The van der Waals surface area contributed by atoms with Gasteiger partial charge >= 0.3 is 0 Å². The maximum Gasteiger partial charge on any atom is 0.259 e. The Morgan fingerprint density at radius 1 is 1.09 bits per heavy atom. The zero-order valence-electron chi connectivity index (χ0n) is 17.1. The van der Waals surface area contributed by atoms with E-state index in [0.29, 0.717) is 6.07 Å². The quantitative estimate of drug-likeness (QED) is 0.621. The average molecular weight is 505 g/mol. The van der Waals surface area contributed by atoms with E-state index >= 15 is 0 Å². The van der Waals surface area contributed by atoms with Crippen molar-refractivity contribution < 1.29 is 31.2 Å². The van der Waals surface area contributed by atoms with Crippen LogP contribution in [-0.2, 0) is 14.8 Å². The van der Waals surface area contributed by atoms with Gasteiger partial charge in [-0.15, -0.1) is 0 Å². The molecule has 0 aromatic heterocycles. The van der Waals surface area contributed by atoms with Gasteiger partial charge in [-0.2, -0.15) is 4.31 Å². The van der Waals surface area contributed by atoms with Crippen LogP contribution < -0.4 is 11.1 Å². The van der Waals surface area contributed by atoms with Crippen molar-refractivity contribution in [3.8, 4) is 0 Å². The van der Waals surface area contributed by atoms with Crippen LogP contribution in [0.5, 0.6) is 0 Å². The van der Waals surface area contributed by atoms with Crippen molar-refractivity contribution in [1.29, 1.82) is 0 Å². The number of nitrogens with one attached hydrogen (secondary N) is 1. The van der Waals surface area contributed by atoms with E-state index in [1.54, 1.807) is 0 Å². The number of halogens is 4. The Morgan fingerprint density at radius 3 is 2.36 bits per heavy atom. The van der Waals surface area contributed by atoms with Gasteiger partial charge in [-0.1, -0.05) is 11.6 Å². The number of hydrogen-bond donors (Lipinski definition) is 2. The van der Waals surface area contributed by atoms with Crippen molar-refractivity contribution in [1.82, 2.24) is 14.5 Å². The molecule has 1 fully saturated rings. The smallest absolute Gasteiger partial charge is 0.259 e. The standard InChI is InChI=1S/C20H20ClF3N4O4S/c21-16-11-15(2-3-17(16)24)33(31,32)28-7-1-6-27(19(28)18(29)26-5-4-25)20(30)12-8-13(22)10-14(23)9-12/h2-3,8-11,19H,1,4-7,25H2,(H,26,29). The van der Waals surface area contributed by atoms with E-state index in [1.165, 1.54) is 0 Å². The van der Waals surface area contributed by atoms with E-state index in [-0.39, 0.29) is 32.6 Å². The summed E-state index contributed by atoms with van der Waals surface area (Å²) in [6, 6.07) is 4.88. The fourth-order valence-corrected chi connectivity index (χ4v) is 5.30. The lowest BCUT2D eigenvalue weighted by Crippen LogP contribution is -2.63. The lowest BCUT2D eigenvalue weighted by molar-refractivity contribution is -0.130. The second-order valence-corrected chi connectivity index (χ2v) is 9.45. The monoisotopic (exact) mass is 504 g/mol. The molecule has 2 amide bonds. The fraction of sp³-hybridized carbons (Fsp3) is 0.300. The van der Waals surface area contributed by atoms with Crippen molar-refractivity contribution in [3.63, 3.8) is 0 Å². The number of hydrogen-bond acceptors (Lipinski definition) is 5. The number of nitrogens with two attached hydrogens (primary N) is 1. The van der Waals surface area contributed by atoms with Gasteiger partial charge in [0.05, 0.1) is 9.92 Å². The number of carbonyl (C=O) groups excluding carboxylic acids is 2. The first-order valence-corrected chi connectivity index (χ1v) is 11.6. The zero-order chi connectivity index (χ0) is 24.3. The van der Waals surface area contributed by atoms with Gasteiger partial charge in [-0.3, -0.25) is 9.59 Å². The third-order valence-electron chi connectivity index (χ3n) is 4.89. The molecule has 33 heavy (non-hydrogen) atoms. The Labute approximate surface area is 193 Å². The van der Waals surface area contributed by atoms with Crippen molar-refractivity contribution in [2.75, 3.05) is 26.2 Å². The minimum atomic E-state index is -4.44. The maximum atomic E-state index is 13.7. The summed E-state index contributed by atoms with van der Waals surface area (Å²) in [5, 5.41) is 1.99. The van der Waals surface area contributed by atoms with Crippen LogP contribution in [0.15, 0.2) is 41.3 Å². The second-order valence-electron chi connectivity index (χ2n) is 7.16. The fourth-order valence-electron chi connectivity index (χ4n) is 3.44. The highest BCUT2D eigenvalue weighted by atomic mass is 35.5. The minimum Gasteiger partial charge on any atom is -0.352 e. The number of amides is 2. The van der Waals surface area contributed by atoms with Crippen LogP contribution in [0, 0.1) is 17.5 Å². The molecular weight excluding hydrogens is 485 g/mol. The van der Waals surface area contributed by atoms with Gasteiger partial charge in [0.2, 0.25) is 10.0 Å². The topological polar surface area (TPSA) is 113 Å². The number of sulfonamides is 1. The van der Waals surface area contributed by atoms with Gasteiger partial charge < -0.3 is 16.0 Å². The first kappa shape index (κ1) is 25.0. The van der Waals surface area contributed by atoms with Crippen molar-refractivity contribution in [2.45, 2.75) is 17.5 Å². The molecule has 3 N–H and O–H groups in total. The number of carbonyl (C=O) groups is 2. The molecule has 0 aliphatic carbocycles. The van der Waals surface area contributed by atoms with E-state index in [0.717, 1.165) is 39.5 Å². The van der Waals surface area contributed by atoms with Gasteiger partial charge in [0.15, 0.2) is 6.17 Å². The van der Waals surface area contributed by atoms with Gasteiger partial charge in [-0.05, 0) is 36.8 Å². The molecule has 1 saturated heterocycles. The summed E-state index contributed by atoms with van der Waals surface area (Å²) >= 11 is 5.73. The molecule has 1 unspecified atom stereocenters. The van der Waals surface area contributed by atoms with Crippen LogP contribution in [0.4, 0.5) is 13.2 Å². The SMILES string of the molecule is NCCNC(=O)C1N(C(=O)c2cc(F)cc(F)c2)CCCN1S(=O)(=O)c1ccc(F)c(Cl)c1. The maximum absolute atomic E-state index is 13.7. The normalized spacial score (nSPS) is 17.1. The Bertz CT molecular complexity index is 1160. The summed E-state index contributed by atoms with van der Waals surface area (Å²) in [4.78, 5) is 26.6. The molecule has 178 valence electrons. The van der Waals surface area contributed by atoms with Gasteiger partial charge in [-0.25, -0.2) is 21.6 Å². The molecule has 0 radical (unpaired) electrons. The molecule has 0 saturated carbocycles. The predicted octanol–water partition coefficient (Wildman–Crippen LogP) is 1.70. The van der Waals surface area contributed by atoms with Crippen LogP contribution in [-0.4, -0.2) is 61.8 Å². The summed E-state index contributed by atoms with van der Waals surface area (Å²) in [5.41, 5.74) is 5.01. The van der Waals surface area contributed by atoms with Crippen molar-refractivity contribution >= 4 is 33.4 Å². The average Bonchev–Trinajstić information content (AvgIpc) is 2.77. The van der Waals surface area contributed by atoms with Gasteiger partial charge in [0.25, 0.3) is 11.8 Å². The number of nitrogens with zero attached hydrogens (tertiary/aromatic N) is 2. The highest BCUT2D eigenvalue weighted by Gasteiger charge is 2.44. The van der Waals surface area contributed by atoms with Crippen LogP contribution in [0.2, 0.25) is 5.02 Å². The minimum absolute atomic E-state index is 0.0117. The largest absolute Gasteiger partial charge is 0.352 e. The lowest BCUT2D eigenvalue weighted by Gasteiger charge is -2.41. The molecule has 1 aliphatic heterocycles. The Balaban J connectivity index is 2.06. The van der Waals surface area contributed by atoms with E-state index in [2.05, 4.69) is 5.32 Å². The Kier molecular flexibility index (Phi) is 7.62. The highest BCUT2D eigenvalue weighted by Crippen LogP contribution is 2.28. The number of rotatable bonds is 6. The molecule has 1 aliphatic rings. The first-order chi connectivity index (χ1) is 15.6. The molecule has 1 atom stereocenters.